The molecule has 0 spiro atoms. The summed E-state index contributed by atoms with van der Waals surface area (Å²) in [6.07, 6.45) is 0. The third-order valence-electron chi connectivity index (χ3n) is 2.58. The zero-order chi connectivity index (χ0) is 12.1. The molecule has 90 valence electrons. The second kappa shape index (κ2) is 6.11. The number of likely N-dealkylation sites (N-methyl/N-ethyl adjacent to an activating group) is 1. The second-order valence-electron chi connectivity index (χ2n) is 3.79. The van der Waals surface area contributed by atoms with Gasteiger partial charge in [-0.1, -0.05) is 15.9 Å². The van der Waals surface area contributed by atoms with E-state index in [2.05, 4.69) is 34.7 Å². The van der Waals surface area contributed by atoms with Gasteiger partial charge in [-0.15, -0.1) is 0 Å². The second-order valence-corrected chi connectivity index (χ2v) is 4.71. The molecule has 4 heteroatoms. The zero-order valence-corrected chi connectivity index (χ0v) is 11.6. The van der Waals surface area contributed by atoms with Crippen LogP contribution in [0.2, 0.25) is 0 Å². The van der Waals surface area contributed by atoms with Gasteiger partial charge in [0.05, 0.1) is 18.0 Å². The number of benzene rings is 1. The van der Waals surface area contributed by atoms with E-state index in [0.717, 1.165) is 22.4 Å². The molecular weight excluding hydrogens is 268 g/mol. The molecule has 1 rings (SSSR count). The summed E-state index contributed by atoms with van der Waals surface area (Å²) in [5.41, 5.74) is 7.85. The van der Waals surface area contributed by atoms with Crippen molar-refractivity contribution in [3.63, 3.8) is 0 Å². The maximum Gasteiger partial charge on any atom is 0.0663 e. The Labute approximate surface area is 106 Å². The Balaban J connectivity index is 2.98. The molecule has 0 heterocycles. The number of hydrogen-bond acceptors (Lipinski definition) is 3. The van der Waals surface area contributed by atoms with Crippen molar-refractivity contribution in [2.75, 3.05) is 30.9 Å². The van der Waals surface area contributed by atoms with E-state index in [1.165, 1.54) is 0 Å². The third-order valence-corrected chi connectivity index (χ3v) is 3.08. The van der Waals surface area contributed by atoms with Gasteiger partial charge in [0, 0.05) is 24.2 Å². The predicted octanol–water partition coefficient (Wildman–Crippen LogP) is 2.89. The van der Waals surface area contributed by atoms with E-state index in [1.54, 1.807) is 7.11 Å². The quantitative estimate of drug-likeness (QED) is 0.846. The van der Waals surface area contributed by atoms with E-state index in [9.17, 15) is 0 Å². The molecule has 0 saturated heterocycles. The number of nitrogens with zero attached hydrogens (tertiary/aromatic N) is 1. The van der Waals surface area contributed by atoms with Gasteiger partial charge in [-0.25, -0.2) is 0 Å². The summed E-state index contributed by atoms with van der Waals surface area (Å²) in [4.78, 5) is 2.24. The van der Waals surface area contributed by atoms with Crippen LogP contribution in [-0.4, -0.2) is 26.3 Å². The lowest BCUT2D eigenvalue weighted by atomic mass is 10.2. The Morgan fingerprint density at radius 2 is 2.19 bits per heavy atom. The zero-order valence-electron chi connectivity index (χ0n) is 10.0. The van der Waals surface area contributed by atoms with Crippen molar-refractivity contribution in [3.8, 4) is 0 Å². The van der Waals surface area contributed by atoms with Crippen molar-refractivity contribution < 1.29 is 4.74 Å². The molecule has 0 radical (unpaired) electrons. The Kier molecular flexibility index (Phi) is 5.09. The Morgan fingerprint density at radius 3 is 2.75 bits per heavy atom. The number of halogens is 1. The lowest BCUT2D eigenvalue weighted by Gasteiger charge is -2.30. The number of anilines is 2. The molecule has 0 aliphatic heterocycles. The van der Waals surface area contributed by atoms with Crippen LogP contribution in [0, 0.1) is 0 Å². The largest absolute Gasteiger partial charge is 0.397 e. The monoisotopic (exact) mass is 286 g/mol. The van der Waals surface area contributed by atoms with Gasteiger partial charge in [0.2, 0.25) is 0 Å². The topological polar surface area (TPSA) is 38.5 Å². The van der Waals surface area contributed by atoms with Crippen molar-refractivity contribution in [1.82, 2.24) is 0 Å². The average molecular weight is 287 g/mol. The van der Waals surface area contributed by atoms with Crippen LogP contribution in [0.5, 0.6) is 0 Å². The molecule has 0 aromatic heterocycles. The molecule has 0 fully saturated rings. The summed E-state index contributed by atoms with van der Waals surface area (Å²) < 4.78 is 6.23. The predicted molar refractivity (Wildman–Crippen MR) is 72.9 cm³/mol. The van der Waals surface area contributed by atoms with Gasteiger partial charge in [-0.05, 0) is 32.0 Å². The highest BCUT2D eigenvalue weighted by molar-refractivity contribution is 9.10. The highest BCUT2D eigenvalue weighted by Gasteiger charge is 2.15. The molecule has 1 atom stereocenters. The Hall–Kier alpha value is -0.740. The normalized spacial score (nSPS) is 12.5. The summed E-state index contributed by atoms with van der Waals surface area (Å²) in [7, 11) is 1.72. The smallest absolute Gasteiger partial charge is 0.0663 e. The third kappa shape index (κ3) is 3.12. The number of nitrogens with two attached hydrogens (primary N) is 1. The van der Waals surface area contributed by atoms with Crippen molar-refractivity contribution in [2.45, 2.75) is 19.9 Å². The van der Waals surface area contributed by atoms with Gasteiger partial charge in [0.1, 0.15) is 0 Å². The Morgan fingerprint density at radius 1 is 1.50 bits per heavy atom. The fourth-order valence-electron chi connectivity index (χ4n) is 1.82. The van der Waals surface area contributed by atoms with Crippen LogP contribution in [0.3, 0.4) is 0 Å². The molecular formula is C12H19BrN2O. The minimum atomic E-state index is 0.312. The minimum absolute atomic E-state index is 0.312. The molecule has 1 aromatic rings. The van der Waals surface area contributed by atoms with Gasteiger partial charge in [-0.3, -0.25) is 0 Å². The van der Waals surface area contributed by atoms with Crippen molar-refractivity contribution >= 4 is 27.3 Å². The van der Waals surface area contributed by atoms with Crippen LogP contribution >= 0.6 is 15.9 Å². The van der Waals surface area contributed by atoms with Gasteiger partial charge < -0.3 is 15.4 Å². The molecule has 1 unspecified atom stereocenters. The van der Waals surface area contributed by atoms with E-state index in [1.807, 2.05) is 18.2 Å². The average Bonchev–Trinajstić information content (AvgIpc) is 2.24. The summed E-state index contributed by atoms with van der Waals surface area (Å²) in [5, 5.41) is 0. The number of hydrogen-bond donors (Lipinski definition) is 1. The van der Waals surface area contributed by atoms with E-state index >= 15 is 0 Å². The fourth-order valence-corrected chi connectivity index (χ4v) is 2.17. The molecule has 3 nitrogen and oxygen atoms in total. The van der Waals surface area contributed by atoms with Gasteiger partial charge in [-0.2, -0.15) is 0 Å². The summed E-state index contributed by atoms with van der Waals surface area (Å²) in [6, 6.07) is 6.23. The van der Waals surface area contributed by atoms with E-state index in [-0.39, 0.29) is 0 Å². The maximum atomic E-state index is 6.00. The first-order valence-corrected chi connectivity index (χ1v) is 6.20. The molecule has 0 saturated carbocycles. The van der Waals surface area contributed by atoms with Crippen LogP contribution in [0.25, 0.3) is 0 Å². The summed E-state index contributed by atoms with van der Waals surface area (Å²) in [5.74, 6) is 0. The lowest BCUT2D eigenvalue weighted by molar-refractivity contribution is 0.182. The highest BCUT2D eigenvalue weighted by Crippen LogP contribution is 2.28. The van der Waals surface area contributed by atoms with Crippen molar-refractivity contribution in [1.29, 1.82) is 0 Å². The summed E-state index contributed by atoms with van der Waals surface area (Å²) >= 11 is 3.47. The number of nitrogen functional groups attached to an aromatic ring is 1. The van der Waals surface area contributed by atoms with Crippen LogP contribution in [0.1, 0.15) is 13.8 Å². The summed E-state index contributed by atoms with van der Waals surface area (Å²) in [6.45, 7) is 5.85. The van der Waals surface area contributed by atoms with Crippen LogP contribution < -0.4 is 10.6 Å². The first kappa shape index (κ1) is 13.3. The van der Waals surface area contributed by atoms with Gasteiger partial charge in [0.25, 0.3) is 0 Å². The number of ether oxygens (including phenoxy) is 1. The molecule has 0 amide bonds. The number of rotatable bonds is 5. The highest BCUT2D eigenvalue weighted by atomic mass is 79.9. The standard InChI is InChI=1S/C12H19BrN2O/c1-4-15(9(2)8-16-3)12-7-10(13)5-6-11(12)14/h5-7,9H,4,8,14H2,1-3H3. The molecule has 2 N–H and O–H groups in total. The van der Waals surface area contributed by atoms with Gasteiger partial charge >= 0.3 is 0 Å². The van der Waals surface area contributed by atoms with E-state index in [4.69, 9.17) is 10.5 Å². The number of methoxy groups -OCH3 is 1. The molecule has 0 bridgehead atoms. The minimum Gasteiger partial charge on any atom is -0.397 e. The first-order chi connectivity index (χ1) is 7.60. The maximum absolute atomic E-state index is 6.00. The first-order valence-electron chi connectivity index (χ1n) is 5.40. The molecule has 16 heavy (non-hydrogen) atoms. The molecule has 0 aliphatic rings. The van der Waals surface area contributed by atoms with Crippen LogP contribution in [0.15, 0.2) is 22.7 Å². The molecule has 1 aromatic carbocycles. The van der Waals surface area contributed by atoms with Crippen molar-refractivity contribution in [3.05, 3.63) is 22.7 Å². The van der Waals surface area contributed by atoms with E-state index in [0.29, 0.717) is 12.6 Å². The molecule has 0 aliphatic carbocycles. The lowest BCUT2D eigenvalue weighted by Crippen LogP contribution is -2.36. The van der Waals surface area contributed by atoms with Gasteiger partial charge in [0.15, 0.2) is 0 Å². The fraction of sp³-hybridized carbons (Fsp3) is 0.500. The van der Waals surface area contributed by atoms with Crippen LogP contribution in [0.4, 0.5) is 11.4 Å². The Bertz CT molecular complexity index is 344. The van der Waals surface area contributed by atoms with Crippen LogP contribution in [-0.2, 0) is 4.74 Å². The van der Waals surface area contributed by atoms with Crippen molar-refractivity contribution in [2.24, 2.45) is 0 Å². The SMILES string of the molecule is CCN(c1cc(Br)ccc1N)C(C)COC. The van der Waals surface area contributed by atoms with E-state index < -0.39 is 0 Å².